The van der Waals surface area contributed by atoms with Crippen molar-refractivity contribution in [3.63, 3.8) is 0 Å². The van der Waals surface area contributed by atoms with Crippen LogP contribution in [0, 0.1) is 0 Å². The Bertz CT molecular complexity index is 833. The predicted molar refractivity (Wildman–Crippen MR) is 114 cm³/mol. The van der Waals surface area contributed by atoms with E-state index in [4.69, 9.17) is 0 Å². The zero-order valence-corrected chi connectivity index (χ0v) is 17.2. The molecule has 1 atom stereocenters. The van der Waals surface area contributed by atoms with Gasteiger partial charge in [-0.3, -0.25) is 14.4 Å². The molecule has 148 valence electrons. The fourth-order valence-corrected chi connectivity index (χ4v) is 3.24. The van der Waals surface area contributed by atoms with Crippen LogP contribution in [-0.4, -0.2) is 29.0 Å². The van der Waals surface area contributed by atoms with Gasteiger partial charge in [-0.1, -0.05) is 0 Å². The highest BCUT2D eigenvalue weighted by atomic mass is 32.2. The first-order valence-electron chi connectivity index (χ1n) is 9.00. The average molecular weight is 400 g/mol. The Morgan fingerprint density at radius 2 is 1.36 bits per heavy atom. The van der Waals surface area contributed by atoms with Gasteiger partial charge in [-0.15, -0.1) is 11.8 Å². The molecule has 28 heavy (non-hydrogen) atoms. The largest absolute Gasteiger partial charge is 0.350 e. The lowest BCUT2D eigenvalue weighted by Gasteiger charge is -2.13. The topological polar surface area (TPSA) is 87.3 Å². The maximum absolute atomic E-state index is 12.4. The van der Waals surface area contributed by atoms with E-state index in [-0.39, 0.29) is 29.0 Å². The van der Waals surface area contributed by atoms with Gasteiger partial charge < -0.3 is 16.0 Å². The number of thioether (sulfide) groups is 1. The van der Waals surface area contributed by atoms with Gasteiger partial charge in [-0.05, 0) is 69.3 Å². The van der Waals surface area contributed by atoms with E-state index in [9.17, 15) is 14.4 Å². The summed E-state index contributed by atoms with van der Waals surface area (Å²) >= 11 is 1.42. The minimum atomic E-state index is -0.310. The Kier molecular flexibility index (Phi) is 7.63. The number of rotatable bonds is 7. The molecule has 1 unspecified atom stereocenters. The first kappa shape index (κ1) is 21.5. The van der Waals surface area contributed by atoms with Crippen molar-refractivity contribution in [3.8, 4) is 0 Å². The smallest absolute Gasteiger partial charge is 0.251 e. The number of hydrogen-bond acceptors (Lipinski definition) is 4. The minimum Gasteiger partial charge on any atom is -0.350 e. The number of hydrogen-bond donors (Lipinski definition) is 3. The van der Waals surface area contributed by atoms with Crippen LogP contribution in [0.25, 0.3) is 0 Å². The summed E-state index contributed by atoms with van der Waals surface area (Å²) in [6.07, 6.45) is 0. The molecule has 0 bridgehead atoms. The Morgan fingerprint density at radius 3 is 1.89 bits per heavy atom. The Hall–Kier alpha value is -2.80. The molecule has 0 aliphatic carbocycles. The molecule has 0 saturated heterocycles. The van der Waals surface area contributed by atoms with Crippen molar-refractivity contribution in [1.82, 2.24) is 5.32 Å². The highest BCUT2D eigenvalue weighted by molar-refractivity contribution is 8.00. The maximum atomic E-state index is 12.4. The van der Waals surface area contributed by atoms with Crippen molar-refractivity contribution in [1.29, 1.82) is 0 Å². The summed E-state index contributed by atoms with van der Waals surface area (Å²) in [7, 11) is 0. The van der Waals surface area contributed by atoms with E-state index in [1.807, 2.05) is 32.9 Å². The highest BCUT2D eigenvalue weighted by Gasteiger charge is 2.15. The molecule has 0 radical (unpaired) electrons. The number of anilines is 2. The van der Waals surface area contributed by atoms with E-state index in [0.717, 1.165) is 10.6 Å². The lowest BCUT2D eigenvalue weighted by Crippen LogP contribution is -2.30. The summed E-state index contributed by atoms with van der Waals surface area (Å²) in [4.78, 5) is 36.4. The monoisotopic (exact) mass is 399 g/mol. The summed E-state index contributed by atoms with van der Waals surface area (Å²) in [5, 5.41) is 8.08. The van der Waals surface area contributed by atoms with Crippen LogP contribution in [0.1, 0.15) is 38.1 Å². The van der Waals surface area contributed by atoms with Gasteiger partial charge in [0.25, 0.3) is 5.91 Å². The van der Waals surface area contributed by atoms with E-state index in [1.54, 1.807) is 36.4 Å². The van der Waals surface area contributed by atoms with E-state index in [2.05, 4.69) is 16.0 Å². The second kappa shape index (κ2) is 9.94. The molecule has 0 aliphatic rings. The van der Waals surface area contributed by atoms with Crippen LogP contribution in [0.3, 0.4) is 0 Å². The molecule has 0 fully saturated rings. The summed E-state index contributed by atoms with van der Waals surface area (Å²) in [6.45, 7) is 7.09. The molecule has 3 amide bonds. The van der Waals surface area contributed by atoms with Crippen LogP contribution in [-0.2, 0) is 9.59 Å². The van der Waals surface area contributed by atoms with Crippen molar-refractivity contribution in [2.45, 2.75) is 43.9 Å². The quantitative estimate of drug-likeness (QED) is 0.616. The number of carbonyl (C=O) groups excluding carboxylic acids is 3. The van der Waals surface area contributed by atoms with Gasteiger partial charge in [0.15, 0.2) is 0 Å². The summed E-state index contributed by atoms with van der Waals surface area (Å²) in [6, 6.07) is 14.2. The standard InChI is InChI=1S/C21H25N3O3S/c1-13(2)22-21(27)16-5-7-18(8-6-16)24-20(26)14(3)28-19-11-9-17(10-12-19)23-15(4)25/h5-14H,1-4H3,(H,22,27)(H,23,25)(H,24,26). The molecule has 7 heteroatoms. The second-order valence-electron chi connectivity index (χ2n) is 6.66. The van der Waals surface area contributed by atoms with Crippen molar-refractivity contribution in [2.24, 2.45) is 0 Å². The summed E-state index contributed by atoms with van der Waals surface area (Å²) in [5.41, 5.74) is 1.91. The highest BCUT2D eigenvalue weighted by Crippen LogP contribution is 2.25. The lowest BCUT2D eigenvalue weighted by molar-refractivity contribution is -0.115. The Morgan fingerprint density at radius 1 is 0.821 bits per heavy atom. The third kappa shape index (κ3) is 6.74. The van der Waals surface area contributed by atoms with Crippen LogP contribution >= 0.6 is 11.8 Å². The molecule has 6 nitrogen and oxygen atoms in total. The van der Waals surface area contributed by atoms with Crippen molar-refractivity contribution in [3.05, 3.63) is 54.1 Å². The summed E-state index contributed by atoms with van der Waals surface area (Å²) < 4.78 is 0. The number of carbonyl (C=O) groups is 3. The van der Waals surface area contributed by atoms with E-state index >= 15 is 0 Å². The third-order valence-electron chi connectivity index (χ3n) is 3.69. The molecule has 0 heterocycles. The van der Waals surface area contributed by atoms with Crippen molar-refractivity contribution >= 4 is 40.9 Å². The van der Waals surface area contributed by atoms with Gasteiger partial charge in [0.1, 0.15) is 0 Å². The Balaban J connectivity index is 1.91. The SMILES string of the molecule is CC(=O)Nc1ccc(SC(C)C(=O)Nc2ccc(C(=O)NC(C)C)cc2)cc1. The molecule has 2 rings (SSSR count). The number of benzene rings is 2. The van der Waals surface area contributed by atoms with Gasteiger partial charge in [-0.25, -0.2) is 0 Å². The van der Waals surface area contributed by atoms with Crippen molar-refractivity contribution < 1.29 is 14.4 Å². The molecule has 0 aliphatic heterocycles. The summed E-state index contributed by atoms with van der Waals surface area (Å²) in [5.74, 6) is -0.393. The first-order valence-corrected chi connectivity index (χ1v) is 9.88. The normalized spacial score (nSPS) is 11.6. The van der Waals surface area contributed by atoms with Crippen LogP contribution in [0.4, 0.5) is 11.4 Å². The zero-order chi connectivity index (χ0) is 20.7. The van der Waals surface area contributed by atoms with Crippen LogP contribution < -0.4 is 16.0 Å². The predicted octanol–water partition coefficient (Wildman–Crippen LogP) is 3.90. The molecule has 0 saturated carbocycles. The molecular formula is C21H25N3O3S. The van der Waals surface area contributed by atoms with Crippen LogP contribution in [0.2, 0.25) is 0 Å². The fraction of sp³-hybridized carbons (Fsp3) is 0.286. The van der Waals surface area contributed by atoms with Gasteiger partial charge in [0, 0.05) is 34.8 Å². The van der Waals surface area contributed by atoms with Crippen molar-refractivity contribution in [2.75, 3.05) is 10.6 Å². The Labute approximate surface area is 169 Å². The molecule has 2 aromatic rings. The average Bonchev–Trinajstić information content (AvgIpc) is 2.63. The molecular weight excluding hydrogens is 374 g/mol. The molecule has 0 spiro atoms. The first-order chi connectivity index (χ1) is 13.2. The zero-order valence-electron chi connectivity index (χ0n) is 16.4. The number of nitrogens with one attached hydrogen (secondary N) is 3. The fourth-order valence-electron chi connectivity index (χ4n) is 2.37. The third-order valence-corrected chi connectivity index (χ3v) is 4.80. The van der Waals surface area contributed by atoms with E-state index < -0.39 is 0 Å². The van der Waals surface area contributed by atoms with E-state index in [1.165, 1.54) is 18.7 Å². The van der Waals surface area contributed by atoms with Gasteiger partial charge >= 0.3 is 0 Å². The number of amides is 3. The van der Waals surface area contributed by atoms with Gasteiger partial charge in [-0.2, -0.15) is 0 Å². The van der Waals surface area contributed by atoms with Crippen LogP contribution in [0.15, 0.2) is 53.4 Å². The maximum Gasteiger partial charge on any atom is 0.251 e. The van der Waals surface area contributed by atoms with Gasteiger partial charge in [0.2, 0.25) is 11.8 Å². The second-order valence-corrected chi connectivity index (χ2v) is 8.07. The molecule has 3 N–H and O–H groups in total. The minimum absolute atomic E-state index is 0.0667. The molecule has 2 aromatic carbocycles. The molecule has 0 aromatic heterocycles. The van der Waals surface area contributed by atoms with Gasteiger partial charge in [0.05, 0.1) is 5.25 Å². The van der Waals surface area contributed by atoms with E-state index in [0.29, 0.717) is 11.3 Å². The van der Waals surface area contributed by atoms with Crippen LogP contribution in [0.5, 0.6) is 0 Å². The lowest BCUT2D eigenvalue weighted by atomic mass is 10.2.